The average Bonchev–Trinajstić information content (AvgIpc) is 2.77. The van der Waals surface area contributed by atoms with Crippen LogP contribution in [0.2, 0.25) is 0 Å². The van der Waals surface area contributed by atoms with Crippen molar-refractivity contribution in [2.24, 2.45) is 5.73 Å². The molecule has 102 valence electrons. The highest BCUT2D eigenvalue weighted by atomic mass is 32.1. The molecule has 0 aliphatic heterocycles. The van der Waals surface area contributed by atoms with Crippen LogP contribution in [0.1, 0.15) is 18.7 Å². The predicted octanol–water partition coefficient (Wildman–Crippen LogP) is 1.15. The van der Waals surface area contributed by atoms with Gasteiger partial charge in [-0.15, -0.1) is 11.3 Å². The Morgan fingerprint density at radius 3 is 2.74 bits per heavy atom. The number of nitrogens with zero attached hydrogens (tertiary/aromatic N) is 3. The SMILES string of the molecule is CCc1cc2c(N(CC)CC(N)=O)nc(N)nc2s1. The number of nitrogens with two attached hydrogens (primary N) is 2. The zero-order chi connectivity index (χ0) is 14.0. The van der Waals surface area contributed by atoms with Gasteiger partial charge in [0.25, 0.3) is 0 Å². The van der Waals surface area contributed by atoms with Crippen molar-refractivity contribution in [3.05, 3.63) is 10.9 Å². The lowest BCUT2D eigenvalue weighted by atomic mass is 10.3. The molecule has 2 rings (SSSR count). The van der Waals surface area contributed by atoms with Gasteiger partial charge in [0.05, 0.1) is 11.9 Å². The Bertz CT molecular complexity index is 609. The molecule has 7 heteroatoms. The first kappa shape index (κ1) is 13.5. The van der Waals surface area contributed by atoms with Gasteiger partial charge in [-0.25, -0.2) is 4.98 Å². The Balaban J connectivity index is 2.56. The fourth-order valence-electron chi connectivity index (χ4n) is 1.91. The van der Waals surface area contributed by atoms with E-state index in [9.17, 15) is 4.79 Å². The molecular weight excluding hydrogens is 262 g/mol. The molecule has 0 aliphatic rings. The number of carbonyl (C=O) groups excluding carboxylic acids is 1. The van der Waals surface area contributed by atoms with Crippen LogP contribution in [0.25, 0.3) is 10.2 Å². The number of hydrogen-bond donors (Lipinski definition) is 2. The van der Waals surface area contributed by atoms with E-state index < -0.39 is 5.91 Å². The van der Waals surface area contributed by atoms with Gasteiger partial charge >= 0.3 is 0 Å². The number of anilines is 2. The van der Waals surface area contributed by atoms with Gasteiger partial charge < -0.3 is 16.4 Å². The minimum absolute atomic E-state index is 0.124. The van der Waals surface area contributed by atoms with E-state index in [0.29, 0.717) is 12.4 Å². The van der Waals surface area contributed by atoms with Crippen molar-refractivity contribution < 1.29 is 4.79 Å². The summed E-state index contributed by atoms with van der Waals surface area (Å²) in [5.41, 5.74) is 11.0. The van der Waals surface area contributed by atoms with E-state index in [2.05, 4.69) is 23.0 Å². The Morgan fingerprint density at radius 1 is 1.42 bits per heavy atom. The van der Waals surface area contributed by atoms with Gasteiger partial charge in [0.15, 0.2) is 0 Å². The normalized spacial score (nSPS) is 10.8. The van der Waals surface area contributed by atoms with Gasteiger partial charge in [0.1, 0.15) is 10.6 Å². The van der Waals surface area contributed by atoms with E-state index in [1.165, 1.54) is 4.88 Å². The molecule has 1 amide bonds. The Hall–Kier alpha value is -1.89. The molecule has 0 fully saturated rings. The molecule has 0 saturated heterocycles. The third-order valence-electron chi connectivity index (χ3n) is 2.82. The predicted molar refractivity (Wildman–Crippen MR) is 78.3 cm³/mol. The van der Waals surface area contributed by atoms with E-state index in [-0.39, 0.29) is 12.5 Å². The standard InChI is InChI=1S/C12H17N5OS/c1-3-7-5-8-10(17(4-2)6-9(13)18)15-12(14)16-11(8)19-7/h5H,3-4,6H2,1-2H3,(H2,13,18)(H2,14,15,16). The Morgan fingerprint density at radius 2 is 2.16 bits per heavy atom. The molecule has 0 unspecified atom stereocenters. The van der Waals surface area contributed by atoms with E-state index in [1.54, 1.807) is 11.3 Å². The maximum Gasteiger partial charge on any atom is 0.236 e. The first-order valence-electron chi connectivity index (χ1n) is 6.14. The molecule has 4 N–H and O–H groups in total. The molecule has 0 bridgehead atoms. The molecule has 0 aromatic carbocycles. The molecule has 6 nitrogen and oxygen atoms in total. The van der Waals surface area contributed by atoms with Gasteiger partial charge in [-0.3, -0.25) is 4.79 Å². The summed E-state index contributed by atoms with van der Waals surface area (Å²) >= 11 is 1.60. The lowest BCUT2D eigenvalue weighted by molar-refractivity contribution is -0.116. The van der Waals surface area contributed by atoms with Crippen molar-refractivity contribution in [2.45, 2.75) is 20.3 Å². The number of rotatable bonds is 5. The van der Waals surface area contributed by atoms with Gasteiger partial charge in [0, 0.05) is 11.4 Å². The summed E-state index contributed by atoms with van der Waals surface area (Å²) in [5, 5.41) is 0.930. The highest BCUT2D eigenvalue weighted by Gasteiger charge is 2.16. The molecule has 2 heterocycles. The van der Waals surface area contributed by atoms with Gasteiger partial charge in [-0.2, -0.15) is 4.98 Å². The lowest BCUT2D eigenvalue weighted by Gasteiger charge is -2.20. The van der Waals surface area contributed by atoms with Gasteiger partial charge in [0.2, 0.25) is 11.9 Å². The number of likely N-dealkylation sites (N-methyl/N-ethyl adjacent to an activating group) is 1. The molecule has 0 aliphatic carbocycles. The Labute approximate surface area is 115 Å². The summed E-state index contributed by atoms with van der Waals surface area (Å²) in [6, 6.07) is 2.05. The number of amides is 1. The summed E-state index contributed by atoms with van der Waals surface area (Å²) in [5.74, 6) is 0.507. The summed E-state index contributed by atoms with van der Waals surface area (Å²) in [4.78, 5) is 23.5. The number of carbonyl (C=O) groups is 1. The summed E-state index contributed by atoms with van der Waals surface area (Å²) in [6.07, 6.45) is 0.933. The van der Waals surface area contributed by atoms with Crippen LogP contribution in [0.15, 0.2) is 6.07 Å². The van der Waals surface area contributed by atoms with Crippen LogP contribution in [0.3, 0.4) is 0 Å². The van der Waals surface area contributed by atoms with Crippen LogP contribution in [0.5, 0.6) is 0 Å². The average molecular weight is 279 g/mol. The number of aromatic nitrogens is 2. The number of aryl methyl sites for hydroxylation is 1. The smallest absolute Gasteiger partial charge is 0.236 e. The van der Waals surface area contributed by atoms with Crippen molar-refractivity contribution in [1.82, 2.24) is 9.97 Å². The third-order valence-corrected chi connectivity index (χ3v) is 3.99. The van der Waals surface area contributed by atoms with Crippen molar-refractivity contribution in [1.29, 1.82) is 0 Å². The number of nitrogen functional groups attached to an aromatic ring is 1. The van der Waals surface area contributed by atoms with Crippen LogP contribution >= 0.6 is 11.3 Å². The molecule has 0 radical (unpaired) electrons. The summed E-state index contributed by atoms with van der Waals surface area (Å²) in [7, 11) is 0. The first-order chi connectivity index (χ1) is 9.05. The van der Waals surface area contributed by atoms with E-state index in [4.69, 9.17) is 11.5 Å². The summed E-state index contributed by atoms with van der Waals surface area (Å²) < 4.78 is 0. The fraction of sp³-hybridized carbons (Fsp3) is 0.417. The zero-order valence-corrected chi connectivity index (χ0v) is 11.8. The van der Waals surface area contributed by atoms with Crippen molar-refractivity contribution in [2.75, 3.05) is 23.7 Å². The van der Waals surface area contributed by atoms with E-state index >= 15 is 0 Å². The van der Waals surface area contributed by atoms with Crippen LogP contribution < -0.4 is 16.4 Å². The maximum absolute atomic E-state index is 11.1. The quantitative estimate of drug-likeness (QED) is 0.855. The number of primary amides is 1. The largest absolute Gasteiger partial charge is 0.368 e. The minimum Gasteiger partial charge on any atom is -0.368 e. The number of fused-ring (bicyclic) bond motifs is 1. The maximum atomic E-state index is 11.1. The lowest BCUT2D eigenvalue weighted by Crippen LogP contribution is -2.34. The van der Waals surface area contributed by atoms with Crippen molar-refractivity contribution in [3.63, 3.8) is 0 Å². The van der Waals surface area contributed by atoms with Crippen LogP contribution in [-0.4, -0.2) is 29.0 Å². The first-order valence-corrected chi connectivity index (χ1v) is 6.96. The second kappa shape index (κ2) is 5.40. The molecule has 0 spiro atoms. The summed E-state index contributed by atoms with van der Waals surface area (Å²) in [6.45, 7) is 4.79. The molecule has 0 atom stereocenters. The van der Waals surface area contributed by atoms with Crippen LogP contribution in [0.4, 0.5) is 11.8 Å². The molecular formula is C12H17N5OS. The van der Waals surface area contributed by atoms with Crippen molar-refractivity contribution in [3.8, 4) is 0 Å². The third kappa shape index (κ3) is 2.76. The zero-order valence-electron chi connectivity index (χ0n) is 11.0. The fourth-order valence-corrected chi connectivity index (χ4v) is 2.88. The molecule has 2 aromatic heterocycles. The van der Waals surface area contributed by atoms with E-state index in [0.717, 1.165) is 16.6 Å². The van der Waals surface area contributed by atoms with Crippen molar-refractivity contribution >= 4 is 39.2 Å². The van der Waals surface area contributed by atoms with E-state index in [1.807, 2.05) is 11.8 Å². The second-order valence-corrected chi connectivity index (χ2v) is 5.29. The van der Waals surface area contributed by atoms with Crippen LogP contribution in [0, 0.1) is 0 Å². The van der Waals surface area contributed by atoms with Gasteiger partial charge in [-0.1, -0.05) is 6.92 Å². The molecule has 2 aromatic rings. The molecule has 19 heavy (non-hydrogen) atoms. The van der Waals surface area contributed by atoms with Gasteiger partial charge in [-0.05, 0) is 19.4 Å². The highest BCUT2D eigenvalue weighted by Crippen LogP contribution is 2.31. The molecule has 0 saturated carbocycles. The minimum atomic E-state index is -0.391. The number of thiophene rings is 1. The van der Waals surface area contributed by atoms with Crippen LogP contribution in [-0.2, 0) is 11.2 Å². The monoisotopic (exact) mass is 279 g/mol. The highest BCUT2D eigenvalue weighted by molar-refractivity contribution is 7.18. The second-order valence-electron chi connectivity index (χ2n) is 4.17. The number of hydrogen-bond acceptors (Lipinski definition) is 6. The topological polar surface area (TPSA) is 98.1 Å². The Kier molecular flexibility index (Phi) is 3.84.